The molecule has 1 fully saturated rings. The highest BCUT2D eigenvalue weighted by atomic mass is 35.5. The lowest BCUT2D eigenvalue weighted by atomic mass is 10.1. The fourth-order valence-electron chi connectivity index (χ4n) is 3.42. The number of rotatable bonds is 3. The summed E-state index contributed by atoms with van der Waals surface area (Å²) < 4.78 is 3.31. The zero-order valence-electron chi connectivity index (χ0n) is 13.4. The molecular weight excluding hydrogens is 326 g/mol. The van der Waals surface area contributed by atoms with Crippen molar-refractivity contribution < 1.29 is 0 Å². The molecule has 0 N–H and O–H groups in total. The average Bonchev–Trinajstić information content (AvgIpc) is 3.17. The van der Waals surface area contributed by atoms with Crippen molar-refractivity contribution in [2.45, 2.75) is 25.4 Å². The molecule has 0 bridgehead atoms. The first-order valence-corrected chi connectivity index (χ1v) is 8.38. The monoisotopic (exact) mass is 343 g/mol. The van der Waals surface area contributed by atoms with E-state index in [1.807, 2.05) is 17.9 Å². The summed E-state index contributed by atoms with van der Waals surface area (Å²) in [5, 5.41) is 4.80. The van der Waals surface area contributed by atoms with Gasteiger partial charge in [-0.05, 0) is 31.5 Å². The Morgan fingerprint density at radius 3 is 3.00 bits per heavy atom. The van der Waals surface area contributed by atoms with Crippen LogP contribution in [-0.2, 0) is 13.6 Å². The molecular formula is C17H18ClN5O. The van der Waals surface area contributed by atoms with Gasteiger partial charge in [-0.1, -0.05) is 11.6 Å². The predicted molar refractivity (Wildman–Crippen MR) is 92.1 cm³/mol. The van der Waals surface area contributed by atoms with E-state index < -0.39 is 0 Å². The molecule has 0 amide bonds. The summed E-state index contributed by atoms with van der Waals surface area (Å²) in [5.74, 6) is 0. The molecule has 0 spiro atoms. The largest absolute Gasteiger partial charge is 0.290 e. The SMILES string of the molecule is Cn1cc([C@@H]2CCCN2Cc2cc(=O)n3cc(Cl)ccc3n2)cn1. The topological polar surface area (TPSA) is 55.4 Å². The smallest absolute Gasteiger partial charge is 0.258 e. The van der Waals surface area contributed by atoms with Gasteiger partial charge in [-0.15, -0.1) is 0 Å². The Balaban J connectivity index is 1.64. The van der Waals surface area contributed by atoms with E-state index in [2.05, 4.69) is 21.2 Å². The standard InChI is InChI=1S/C17H18ClN5O/c1-21-9-12(8-19-21)15-3-2-6-22(15)11-14-7-17(24)23-10-13(18)4-5-16(23)20-14/h4-5,7-10,15H,2-3,6,11H2,1H3/t15-/m0/s1. The second kappa shape index (κ2) is 6.03. The van der Waals surface area contributed by atoms with Crippen LogP contribution >= 0.6 is 11.6 Å². The Labute approximate surface area is 144 Å². The van der Waals surface area contributed by atoms with Gasteiger partial charge in [0.2, 0.25) is 0 Å². The minimum absolute atomic E-state index is 0.102. The van der Waals surface area contributed by atoms with E-state index in [4.69, 9.17) is 11.6 Å². The molecule has 6 nitrogen and oxygen atoms in total. The van der Waals surface area contributed by atoms with E-state index in [0.717, 1.165) is 25.1 Å². The van der Waals surface area contributed by atoms with Crippen molar-refractivity contribution in [2.24, 2.45) is 7.05 Å². The van der Waals surface area contributed by atoms with Crippen molar-refractivity contribution in [1.82, 2.24) is 24.1 Å². The van der Waals surface area contributed by atoms with Crippen LogP contribution in [0.5, 0.6) is 0 Å². The molecule has 4 heterocycles. The van der Waals surface area contributed by atoms with Crippen molar-refractivity contribution in [2.75, 3.05) is 6.54 Å². The van der Waals surface area contributed by atoms with Gasteiger partial charge in [0.05, 0.1) is 16.9 Å². The maximum Gasteiger partial charge on any atom is 0.258 e. The number of aryl methyl sites for hydroxylation is 1. The number of fused-ring (bicyclic) bond motifs is 1. The van der Waals surface area contributed by atoms with Crippen LogP contribution in [0, 0.1) is 0 Å². The molecule has 0 aromatic carbocycles. The van der Waals surface area contributed by atoms with E-state index in [1.165, 1.54) is 9.96 Å². The van der Waals surface area contributed by atoms with Gasteiger partial charge in [-0.3, -0.25) is 18.8 Å². The summed E-state index contributed by atoms with van der Waals surface area (Å²) in [4.78, 5) is 19.3. The Kier molecular flexibility index (Phi) is 3.86. The molecule has 124 valence electrons. The van der Waals surface area contributed by atoms with Gasteiger partial charge in [0.1, 0.15) is 5.65 Å². The highest BCUT2D eigenvalue weighted by Gasteiger charge is 2.27. The van der Waals surface area contributed by atoms with Gasteiger partial charge in [-0.2, -0.15) is 5.10 Å². The summed E-state index contributed by atoms with van der Waals surface area (Å²) in [7, 11) is 1.93. The third-order valence-electron chi connectivity index (χ3n) is 4.51. The molecule has 1 atom stereocenters. The second-order valence-corrected chi connectivity index (χ2v) is 6.67. The van der Waals surface area contributed by atoms with Crippen LogP contribution in [0.1, 0.15) is 30.1 Å². The number of pyridine rings is 1. The van der Waals surface area contributed by atoms with E-state index in [1.54, 1.807) is 24.4 Å². The molecule has 3 aromatic rings. The van der Waals surface area contributed by atoms with Gasteiger partial charge >= 0.3 is 0 Å². The number of likely N-dealkylation sites (tertiary alicyclic amines) is 1. The zero-order valence-corrected chi connectivity index (χ0v) is 14.1. The quantitative estimate of drug-likeness (QED) is 0.733. The Bertz CT molecular complexity index is 948. The van der Waals surface area contributed by atoms with Gasteiger partial charge in [-0.25, -0.2) is 4.98 Å². The molecule has 1 saturated heterocycles. The average molecular weight is 344 g/mol. The van der Waals surface area contributed by atoms with Crippen LogP contribution in [0.4, 0.5) is 0 Å². The highest BCUT2D eigenvalue weighted by Crippen LogP contribution is 2.32. The molecule has 1 aliphatic rings. The summed E-state index contributed by atoms with van der Waals surface area (Å²) in [6, 6.07) is 5.46. The summed E-state index contributed by atoms with van der Waals surface area (Å²) in [6.45, 7) is 1.66. The molecule has 7 heteroatoms. The molecule has 24 heavy (non-hydrogen) atoms. The van der Waals surface area contributed by atoms with Crippen LogP contribution in [-0.4, -0.2) is 30.6 Å². The first kappa shape index (κ1) is 15.4. The van der Waals surface area contributed by atoms with E-state index in [0.29, 0.717) is 23.3 Å². The fraction of sp³-hybridized carbons (Fsp3) is 0.353. The molecule has 0 radical (unpaired) electrons. The molecule has 3 aromatic heterocycles. The maximum atomic E-state index is 12.3. The van der Waals surface area contributed by atoms with Gasteiger partial charge in [0.15, 0.2) is 0 Å². The van der Waals surface area contributed by atoms with E-state index in [-0.39, 0.29) is 5.56 Å². The predicted octanol–water partition coefficient (Wildman–Crippen LogP) is 2.42. The number of hydrogen-bond donors (Lipinski definition) is 0. The number of nitrogens with zero attached hydrogens (tertiary/aromatic N) is 5. The van der Waals surface area contributed by atoms with Crippen LogP contribution < -0.4 is 5.56 Å². The van der Waals surface area contributed by atoms with Gasteiger partial charge < -0.3 is 0 Å². The molecule has 0 saturated carbocycles. The molecule has 4 rings (SSSR count). The van der Waals surface area contributed by atoms with Crippen LogP contribution in [0.3, 0.4) is 0 Å². The minimum atomic E-state index is -0.102. The third kappa shape index (κ3) is 2.83. The highest BCUT2D eigenvalue weighted by molar-refractivity contribution is 6.30. The normalized spacial score (nSPS) is 18.5. The summed E-state index contributed by atoms with van der Waals surface area (Å²) in [5.41, 5.74) is 2.53. The number of halogens is 1. The fourth-order valence-corrected chi connectivity index (χ4v) is 3.58. The van der Waals surface area contributed by atoms with Crippen molar-refractivity contribution in [3.8, 4) is 0 Å². The molecule has 0 unspecified atom stereocenters. The lowest BCUT2D eigenvalue weighted by Gasteiger charge is -2.23. The van der Waals surface area contributed by atoms with Crippen LogP contribution in [0.2, 0.25) is 5.02 Å². The minimum Gasteiger partial charge on any atom is -0.290 e. The van der Waals surface area contributed by atoms with Crippen molar-refractivity contribution in [3.05, 3.63) is 63.4 Å². The molecule has 0 aliphatic carbocycles. The Morgan fingerprint density at radius 1 is 1.33 bits per heavy atom. The first-order chi connectivity index (χ1) is 11.6. The van der Waals surface area contributed by atoms with Crippen molar-refractivity contribution in [1.29, 1.82) is 0 Å². The Morgan fingerprint density at radius 2 is 2.21 bits per heavy atom. The summed E-state index contributed by atoms with van der Waals surface area (Å²) in [6.07, 6.45) is 7.83. The Hall–Kier alpha value is -2.18. The third-order valence-corrected chi connectivity index (χ3v) is 4.74. The maximum absolute atomic E-state index is 12.3. The number of aromatic nitrogens is 4. The van der Waals surface area contributed by atoms with Gasteiger partial charge in [0, 0.05) is 43.7 Å². The van der Waals surface area contributed by atoms with Crippen molar-refractivity contribution >= 4 is 17.2 Å². The zero-order chi connectivity index (χ0) is 16.7. The summed E-state index contributed by atoms with van der Waals surface area (Å²) >= 11 is 5.95. The molecule has 1 aliphatic heterocycles. The van der Waals surface area contributed by atoms with Crippen LogP contribution in [0.25, 0.3) is 5.65 Å². The second-order valence-electron chi connectivity index (χ2n) is 6.24. The van der Waals surface area contributed by atoms with E-state index >= 15 is 0 Å². The lowest BCUT2D eigenvalue weighted by molar-refractivity contribution is 0.245. The van der Waals surface area contributed by atoms with Crippen LogP contribution in [0.15, 0.2) is 41.6 Å². The number of hydrogen-bond acceptors (Lipinski definition) is 4. The van der Waals surface area contributed by atoms with E-state index in [9.17, 15) is 4.79 Å². The lowest BCUT2D eigenvalue weighted by Crippen LogP contribution is -2.25. The first-order valence-electron chi connectivity index (χ1n) is 8.00. The van der Waals surface area contributed by atoms with Crippen molar-refractivity contribution in [3.63, 3.8) is 0 Å². The van der Waals surface area contributed by atoms with Gasteiger partial charge in [0.25, 0.3) is 5.56 Å².